The molecule has 0 aromatic heterocycles. The summed E-state index contributed by atoms with van der Waals surface area (Å²) < 4.78 is 5.62. The summed E-state index contributed by atoms with van der Waals surface area (Å²) in [5.74, 6) is -0.416. The molecule has 0 bridgehead atoms. The highest BCUT2D eigenvalue weighted by Gasteiger charge is 2.14. The summed E-state index contributed by atoms with van der Waals surface area (Å²) in [7, 11) is 1.40. The number of methoxy groups -OCH3 is 1. The van der Waals surface area contributed by atoms with Crippen LogP contribution in [0.3, 0.4) is 0 Å². The Kier molecular flexibility index (Phi) is 3.48. The Morgan fingerprint density at radius 1 is 1.54 bits per heavy atom. The minimum absolute atomic E-state index is 0.206. The molecule has 0 aliphatic heterocycles. The molecule has 0 amide bonds. The summed E-state index contributed by atoms with van der Waals surface area (Å²) in [6.07, 6.45) is 0. The van der Waals surface area contributed by atoms with Gasteiger partial charge in [-0.1, -0.05) is 28.1 Å². The van der Waals surface area contributed by atoms with Crippen molar-refractivity contribution < 1.29 is 9.53 Å². The Morgan fingerprint density at radius 2 is 2.23 bits per heavy atom. The van der Waals surface area contributed by atoms with Crippen molar-refractivity contribution in [1.29, 1.82) is 0 Å². The fraction of sp³-hybridized carbons (Fsp3) is 0.300. The molecule has 0 heterocycles. The van der Waals surface area contributed by atoms with Gasteiger partial charge in [-0.25, -0.2) is 0 Å². The number of hydrogen-bond acceptors (Lipinski definition) is 2. The third kappa shape index (κ3) is 2.56. The van der Waals surface area contributed by atoms with Crippen LogP contribution in [0.2, 0.25) is 0 Å². The highest BCUT2D eigenvalue weighted by Crippen LogP contribution is 2.20. The van der Waals surface area contributed by atoms with Crippen LogP contribution < -0.4 is 0 Å². The highest BCUT2D eigenvalue weighted by atomic mass is 79.9. The molecule has 0 aliphatic rings. The Labute approximate surface area is 86.0 Å². The Bertz CT molecular complexity index is 310. The van der Waals surface area contributed by atoms with E-state index < -0.39 is 0 Å². The van der Waals surface area contributed by atoms with Gasteiger partial charge in [0.1, 0.15) is 0 Å². The average molecular weight is 243 g/mol. The van der Waals surface area contributed by atoms with Crippen LogP contribution in [0.5, 0.6) is 0 Å². The molecule has 0 N–H and O–H groups in total. The topological polar surface area (TPSA) is 26.3 Å². The zero-order valence-corrected chi connectivity index (χ0v) is 9.17. The zero-order valence-electron chi connectivity index (χ0n) is 7.58. The summed E-state index contributed by atoms with van der Waals surface area (Å²) in [4.78, 5) is 11.2. The van der Waals surface area contributed by atoms with Crippen molar-refractivity contribution in [1.82, 2.24) is 0 Å². The van der Waals surface area contributed by atoms with Crippen molar-refractivity contribution in [2.45, 2.75) is 12.8 Å². The van der Waals surface area contributed by atoms with Gasteiger partial charge in [0, 0.05) is 4.47 Å². The molecule has 0 unspecified atom stereocenters. The number of rotatable bonds is 2. The van der Waals surface area contributed by atoms with E-state index in [-0.39, 0.29) is 11.9 Å². The van der Waals surface area contributed by atoms with E-state index in [0.717, 1.165) is 10.0 Å². The summed E-state index contributed by atoms with van der Waals surface area (Å²) in [5.41, 5.74) is 0.959. The van der Waals surface area contributed by atoms with Crippen LogP contribution in [0.25, 0.3) is 0 Å². The minimum Gasteiger partial charge on any atom is -0.469 e. The van der Waals surface area contributed by atoms with Crippen LogP contribution in [0, 0.1) is 0 Å². The van der Waals surface area contributed by atoms with Gasteiger partial charge < -0.3 is 4.74 Å². The normalized spacial score (nSPS) is 12.2. The third-order valence-electron chi connectivity index (χ3n) is 1.90. The van der Waals surface area contributed by atoms with E-state index in [1.165, 1.54) is 7.11 Å². The maximum atomic E-state index is 11.2. The second-order valence-corrected chi connectivity index (χ2v) is 3.72. The molecule has 3 heteroatoms. The second kappa shape index (κ2) is 4.42. The molecule has 1 aromatic rings. The molecule has 0 aliphatic carbocycles. The molecule has 0 fully saturated rings. The summed E-state index contributed by atoms with van der Waals surface area (Å²) in [6.45, 7) is 1.83. The van der Waals surface area contributed by atoms with Gasteiger partial charge in [-0.05, 0) is 24.6 Å². The van der Waals surface area contributed by atoms with Gasteiger partial charge in [0.2, 0.25) is 0 Å². The molecule has 0 radical (unpaired) electrons. The van der Waals surface area contributed by atoms with Gasteiger partial charge in [-0.15, -0.1) is 0 Å². The molecule has 1 aromatic carbocycles. The highest BCUT2D eigenvalue weighted by molar-refractivity contribution is 9.10. The lowest BCUT2D eigenvalue weighted by atomic mass is 10.0. The van der Waals surface area contributed by atoms with Crippen LogP contribution in [0.1, 0.15) is 18.4 Å². The monoisotopic (exact) mass is 242 g/mol. The molecule has 70 valence electrons. The number of halogens is 1. The maximum Gasteiger partial charge on any atom is 0.312 e. The first-order chi connectivity index (χ1) is 6.15. The molecule has 1 atom stereocenters. The largest absolute Gasteiger partial charge is 0.469 e. The van der Waals surface area contributed by atoms with Crippen LogP contribution in [-0.4, -0.2) is 13.1 Å². The van der Waals surface area contributed by atoms with E-state index >= 15 is 0 Å². The molecule has 2 nitrogen and oxygen atoms in total. The van der Waals surface area contributed by atoms with E-state index in [9.17, 15) is 4.79 Å². The Hall–Kier alpha value is -0.830. The number of ether oxygens (including phenoxy) is 1. The van der Waals surface area contributed by atoms with E-state index in [0.29, 0.717) is 0 Å². The predicted octanol–water partition coefficient (Wildman–Crippen LogP) is 2.73. The van der Waals surface area contributed by atoms with Crippen LogP contribution in [-0.2, 0) is 9.53 Å². The molecule has 0 saturated carbocycles. The molecule has 13 heavy (non-hydrogen) atoms. The Morgan fingerprint density at radius 3 is 2.77 bits per heavy atom. The molecule has 0 spiro atoms. The second-order valence-electron chi connectivity index (χ2n) is 2.80. The van der Waals surface area contributed by atoms with Crippen LogP contribution >= 0.6 is 15.9 Å². The van der Waals surface area contributed by atoms with Crippen molar-refractivity contribution in [3.63, 3.8) is 0 Å². The van der Waals surface area contributed by atoms with E-state index in [1.807, 2.05) is 31.2 Å². The van der Waals surface area contributed by atoms with E-state index in [2.05, 4.69) is 20.7 Å². The van der Waals surface area contributed by atoms with Crippen molar-refractivity contribution >= 4 is 21.9 Å². The van der Waals surface area contributed by atoms with Crippen molar-refractivity contribution in [3.8, 4) is 0 Å². The molecule has 1 rings (SSSR count). The Balaban J connectivity index is 2.88. The maximum absolute atomic E-state index is 11.2. The van der Waals surface area contributed by atoms with Crippen LogP contribution in [0.4, 0.5) is 0 Å². The first-order valence-electron chi connectivity index (χ1n) is 3.98. The quantitative estimate of drug-likeness (QED) is 0.746. The first-order valence-corrected chi connectivity index (χ1v) is 4.77. The minimum atomic E-state index is -0.210. The van der Waals surface area contributed by atoms with Crippen LogP contribution in [0.15, 0.2) is 28.7 Å². The predicted molar refractivity (Wildman–Crippen MR) is 54.6 cm³/mol. The number of benzene rings is 1. The van der Waals surface area contributed by atoms with E-state index in [1.54, 1.807) is 0 Å². The SMILES string of the molecule is COC(=O)[C@@H](C)c1cccc(Br)c1. The van der Waals surface area contributed by atoms with Gasteiger partial charge in [0.15, 0.2) is 0 Å². The lowest BCUT2D eigenvalue weighted by Crippen LogP contribution is -2.10. The van der Waals surface area contributed by atoms with E-state index in [4.69, 9.17) is 0 Å². The lowest BCUT2D eigenvalue weighted by molar-refractivity contribution is -0.141. The smallest absolute Gasteiger partial charge is 0.312 e. The molecular weight excluding hydrogens is 232 g/mol. The van der Waals surface area contributed by atoms with Gasteiger partial charge in [0.25, 0.3) is 0 Å². The molecule has 0 saturated heterocycles. The van der Waals surface area contributed by atoms with Crippen molar-refractivity contribution in [2.24, 2.45) is 0 Å². The fourth-order valence-corrected chi connectivity index (χ4v) is 1.51. The average Bonchev–Trinajstić information content (AvgIpc) is 2.15. The standard InChI is InChI=1S/C10H11BrO2/c1-7(10(12)13-2)8-4-3-5-9(11)6-8/h3-7H,1-2H3/t7-/m0/s1. The first kappa shape index (κ1) is 10.3. The summed E-state index contributed by atoms with van der Waals surface area (Å²) in [5, 5.41) is 0. The number of hydrogen-bond donors (Lipinski definition) is 0. The summed E-state index contributed by atoms with van der Waals surface area (Å²) >= 11 is 3.35. The lowest BCUT2D eigenvalue weighted by Gasteiger charge is -2.09. The van der Waals surface area contributed by atoms with Crippen molar-refractivity contribution in [2.75, 3.05) is 7.11 Å². The molecular formula is C10H11BrO2. The fourth-order valence-electron chi connectivity index (χ4n) is 1.09. The zero-order chi connectivity index (χ0) is 9.84. The van der Waals surface area contributed by atoms with Crippen molar-refractivity contribution in [3.05, 3.63) is 34.3 Å². The summed E-state index contributed by atoms with van der Waals surface area (Å²) in [6, 6.07) is 7.65. The van der Waals surface area contributed by atoms with Gasteiger partial charge in [-0.2, -0.15) is 0 Å². The van der Waals surface area contributed by atoms with Gasteiger partial charge >= 0.3 is 5.97 Å². The number of esters is 1. The van der Waals surface area contributed by atoms with Gasteiger partial charge in [-0.3, -0.25) is 4.79 Å². The van der Waals surface area contributed by atoms with Gasteiger partial charge in [0.05, 0.1) is 13.0 Å². The number of carbonyl (C=O) groups excluding carboxylic acids is 1. The third-order valence-corrected chi connectivity index (χ3v) is 2.40. The number of carbonyl (C=O) groups is 1.